The highest BCUT2D eigenvalue weighted by Crippen LogP contribution is 2.25. The van der Waals surface area contributed by atoms with Gasteiger partial charge >= 0.3 is 5.97 Å². The number of hydrogen-bond acceptors (Lipinski definition) is 4. The minimum atomic E-state index is -0.266. The van der Waals surface area contributed by atoms with Crippen molar-refractivity contribution in [2.75, 3.05) is 11.9 Å². The molecule has 1 aliphatic rings. The molecule has 0 atom stereocenters. The average molecular weight is 350 g/mol. The SMILES string of the molecule is CCOC(=O)c1cc2n(c1)Cc1ccc(Cn3nccc3C)cc1NC2. The summed E-state index contributed by atoms with van der Waals surface area (Å²) >= 11 is 0. The second-order valence-electron chi connectivity index (χ2n) is 6.54. The van der Waals surface area contributed by atoms with Gasteiger partial charge < -0.3 is 14.6 Å². The molecule has 1 N–H and O–H groups in total. The number of esters is 1. The van der Waals surface area contributed by atoms with Crippen LogP contribution in [0.3, 0.4) is 0 Å². The van der Waals surface area contributed by atoms with Crippen LogP contribution in [0.25, 0.3) is 0 Å². The van der Waals surface area contributed by atoms with Crippen LogP contribution in [0.1, 0.15) is 39.8 Å². The predicted octanol–water partition coefficient (Wildman–Crippen LogP) is 3.19. The highest BCUT2D eigenvalue weighted by Gasteiger charge is 2.17. The first-order valence-electron chi connectivity index (χ1n) is 8.84. The molecular weight excluding hydrogens is 328 g/mol. The van der Waals surface area contributed by atoms with E-state index in [1.54, 1.807) is 0 Å². The van der Waals surface area contributed by atoms with Gasteiger partial charge in [0.1, 0.15) is 0 Å². The second-order valence-corrected chi connectivity index (χ2v) is 6.54. The summed E-state index contributed by atoms with van der Waals surface area (Å²) in [6.07, 6.45) is 3.70. The number of rotatable bonds is 4. The van der Waals surface area contributed by atoms with Crippen molar-refractivity contribution in [1.82, 2.24) is 14.3 Å². The third-order valence-electron chi connectivity index (χ3n) is 4.73. The summed E-state index contributed by atoms with van der Waals surface area (Å²) in [5, 5.41) is 7.85. The maximum absolute atomic E-state index is 12.0. The van der Waals surface area contributed by atoms with Gasteiger partial charge in [-0.2, -0.15) is 5.10 Å². The first kappa shape index (κ1) is 16.4. The van der Waals surface area contributed by atoms with Crippen LogP contribution < -0.4 is 5.32 Å². The monoisotopic (exact) mass is 350 g/mol. The highest BCUT2D eigenvalue weighted by atomic mass is 16.5. The molecular formula is C20H22N4O2. The van der Waals surface area contributed by atoms with Crippen molar-refractivity contribution in [2.24, 2.45) is 0 Å². The lowest BCUT2D eigenvalue weighted by atomic mass is 10.1. The highest BCUT2D eigenvalue weighted by molar-refractivity contribution is 5.89. The Morgan fingerprint density at radius 2 is 2.19 bits per heavy atom. The number of nitrogens with zero attached hydrogens (tertiary/aromatic N) is 3. The molecule has 0 saturated heterocycles. The molecule has 0 unspecified atom stereocenters. The molecule has 0 spiro atoms. The van der Waals surface area contributed by atoms with Crippen molar-refractivity contribution in [3.63, 3.8) is 0 Å². The second kappa shape index (κ2) is 6.71. The lowest BCUT2D eigenvalue weighted by molar-refractivity contribution is 0.0526. The first-order valence-corrected chi connectivity index (χ1v) is 8.84. The van der Waals surface area contributed by atoms with Crippen LogP contribution in [0.15, 0.2) is 42.7 Å². The smallest absolute Gasteiger partial charge is 0.339 e. The summed E-state index contributed by atoms with van der Waals surface area (Å²) in [5.74, 6) is -0.266. The minimum Gasteiger partial charge on any atom is -0.462 e. The van der Waals surface area contributed by atoms with E-state index in [1.165, 1.54) is 11.1 Å². The topological polar surface area (TPSA) is 61.1 Å². The van der Waals surface area contributed by atoms with Gasteiger partial charge in [-0.15, -0.1) is 0 Å². The normalized spacial score (nSPS) is 12.7. The van der Waals surface area contributed by atoms with E-state index >= 15 is 0 Å². The number of ether oxygens (including phenoxy) is 1. The number of fused-ring (bicyclic) bond motifs is 2. The van der Waals surface area contributed by atoms with Crippen molar-refractivity contribution in [3.8, 4) is 0 Å². The molecule has 3 aromatic rings. The van der Waals surface area contributed by atoms with Gasteiger partial charge in [0, 0.05) is 36.0 Å². The standard InChI is InChI=1S/C20H22N4O2/c1-3-26-20(25)17-9-18-10-21-19-8-15(11-24-14(2)6-7-22-24)4-5-16(19)12-23(18)13-17/h4-9,13,21H,3,10-12H2,1-2H3. The molecule has 0 fully saturated rings. The predicted molar refractivity (Wildman–Crippen MR) is 99.3 cm³/mol. The fourth-order valence-corrected chi connectivity index (χ4v) is 3.31. The molecule has 0 radical (unpaired) electrons. The molecule has 1 aliphatic heterocycles. The van der Waals surface area contributed by atoms with E-state index in [9.17, 15) is 4.79 Å². The number of hydrogen-bond donors (Lipinski definition) is 1. The van der Waals surface area contributed by atoms with Gasteiger partial charge in [0.25, 0.3) is 0 Å². The van der Waals surface area contributed by atoms with Crippen molar-refractivity contribution >= 4 is 11.7 Å². The van der Waals surface area contributed by atoms with Crippen LogP contribution in [-0.2, 0) is 24.4 Å². The van der Waals surface area contributed by atoms with E-state index in [0.717, 1.165) is 30.2 Å². The van der Waals surface area contributed by atoms with Gasteiger partial charge in [-0.05, 0) is 43.2 Å². The maximum Gasteiger partial charge on any atom is 0.339 e. The van der Waals surface area contributed by atoms with Crippen LogP contribution >= 0.6 is 0 Å². The Hall–Kier alpha value is -3.02. The van der Waals surface area contributed by atoms with Gasteiger partial charge in [-0.3, -0.25) is 4.68 Å². The molecule has 0 saturated carbocycles. The van der Waals surface area contributed by atoms with Gasteiger partial charge in [0.05, 0.1) is 25.3 Å². The van der Waals surface area contributed by atoms with Gasteiger partial charge in [-0.1, -0.05) is 12.1 Å². The summed E-state index contributed by atoms with van der Waals surface area (Å²) in [6, 6.07) is 10.4. The number of carbonyl (C=O) groups is 1. The fraction of sp³-hybridized carbons (Fsp3) is 0.300. The van der Waals surface area contributed by atoms with E-state index in [4.69, 9.17) is 4.74 Å². The number of aromatic nitrogens is 3. The van der Waals surface area contributed by atoms with Crippen molar-refractivity contribution < 1.29 is 9.53 Å². The zero-order chi connectivity index (χ0) is 18.1. The zero-order valence-electron chi connectivity index (χ0n) is 15.0. The van der Waals surface area contributed by atoms with E-state index in [1.807, 2.05) is 36.1 Å². The molecule has 6 heteroatoms. The summed E-state index contributed by atoms with van der Waals surface area (Å²) < 4.78 is 9.21. The molecule has 3 heterocycles. The van der Waals surface area contributed by atoms with Gasteiger partial charge in [0.15, 0.2) is 0 Å². The molecule has 26 heavy (non-hydrogen) atoms. The molecule has 6 nitrogen and oxygen atoms in total. The van der Waals surface area contributed by atoms with E-state index < -0.39 is 0 Å². The van der Waals surface area contributed by atoms with Crippen LogP contribution in [0, 0.1) is 6.92 Å². The Bertz CT molecular complexity index is 955. The Kier molecular flexibility index (Phi) is 4.24. The van der Waals surface area contributed by atoms with Crippen LogP contribution in [0.4, 0.5) is 5.69 Å². The summed E-state index contributed by atoms with van der Waals surface area (Å²) in [4.78, 5) is 12.0. The number of carbonyl (C=O) groups excluding carboxylic acids is 1. The Labute approximate surface area is 152 Å². The lowest BCUT2D eigenvalue weighted by Gasteiger charge is -2.11. The molecule has 134 valence electrons. The Balaban J connectivity index is 1.57. The molecule has 1 aromatic carbocycles. The van der Waals surface area contributed by atoms with Crippen molar-refractivity contribution in [1.29, 1.82) is 0 Å². The Morgan fingerprint density at radius 3 is 2.96 bits per heavy atom. The number of anilines is 1. The number of benzene rings is 1. The summed E-state index contributed by atoms with van der Waals surface area (Å²) in [5.41, 5.74) is 6.38. The fourth-order valence-electron chi connectivity index (χ4n) is 3.31. The molecule has 0 amide bonds. The molecule has 0 aliphatic carbocycles. The zero-order valence-corrected chi connectivity index (χ0v) is 15.0. The van der Waals surface area contributed by atoms with Crippen molar-refractivity contribution in [3.05, 3.63) is 70.8 Å². The largest absolute Gasteiger partial charge is 0.462 e. The third kappa shape index (κ3) is 3.10. The van der Waals surface area contributed by atoms with Gasteiger partial charge in [0.2, 0.25) is 0 Å². The van der Waals surface area contributed by atoms with Crippen LogP contribution in [0.2, 0.25) is 0 Å². The van der Waals surface area contributed by atoms with E-state index in [-0.39, 0.29) is 5.97 Å². The van der Waals surface area contributed by atoms with Crippen LogP contribution in [-0.4, -0.2) is 26.9 Å². The first-order chi connectivity index (χ1) is 12.6. The third-order valence-corrected chi connectivity index (χ3v) is 4.73. The molecule has 4 rings (SSSR count). The number of nitrogens with one attached hydrogen (secondary N) is 1. The maximum atomic E-state index is 12.0. The minimum absolute atomic E-state index is 0.266. The number of aryl methyl sites for hydroxylation is 1. The summed E-state index contributed by atoms with van der Waals surface area (Å²) in [7, 11) is 0. The summed E-state index contributed by atoms with van der Waals surface area (Å²) in [6.45, 7) is 6.43. The lowest BCUT2D eigenvalue weighted by Crippen LogP contribution is -2.06. The van der Waals surface area contributed by atoms with E-state index in [0.29, 0.717) is 18.7 Å². The molecule has 2 aromatic heterocycles. The Morgan fingerprint density at radius 1 is 1.31 bits per heavy atom. The quantitative estimate of drug-likeness (QED) is 0.734. The van der Waals surface area contributed by atoms with Crippen molar-refractivity contribution in [2.45, 2.75) is 33.5 Å². The van der Waals surface area contributed by atoms with Crippen LogP contribution in [0.5, 0.6) is 0 Å². The van der Waals surface area contributed by atoms with E-state index in [2.05, 4.69) is 40.1 Å². The van der Waals surface area contributed by atoms with Gasteiger partial charge in [-0.25, -0.2) is 4.79 Å². The molecule has 0 bridgehead atoms. The average Bonchev–Trinajstić information content (AvgIpc) is 3.17.